The van der Waals surface area contributed by atoms with Crippen LogP contribution < -0.4 is 10.2 Å². The van der Waals surface area contributed by atoms with E-state index < -0.39 is 0 Å². The van der Waals surface area contributed by atoms with Crippen molar-refractivity contribution in [2.45, 2.75) is 51.6 Å². The van der Waals surface area contributed by atoms with Gasteiger partial charge < -0.3 is 10.2 Å². The zero-order valence-electron chi connectivity index (χ0n) is 11.9. The Morgan fingerprint density at radius 3 is 2.74 bits per heavy atom. The maximum absolute atomic E-state index is 4.55. The van der Waals surface area contributed by atoms with Crippen LogP contribution in [0.25, 0.3) is 0 Å². The molecule has 0 spiro atoms. The monoisotopic (exact) mass is 259 g/mol. The average molecular weight is 259 g/mol. The van der Waals surface area contributed by atoms with Crippen LogP contribution in [0.15, 0.2) is 18.3 Å². The van der Waals surface area contributed by atoms with Crippen LogP contribution in [0.3, 0.4) is 0 Å². The van der Waals surface area contributed by atoms with Gasteiger partial charge in [-0.25, -0.2) is 4.98 Å². The van der Waals surface area contributed by atoms with Gasteiger partial charge in [-0.3, -0.25) is 0 Å². The molecule has 2 aliphatic rings. The van der Waals surface area contributed by atoms with Crippen LogP contribution in [0, 0.1) is 5.92 Å². The van der Waals surface area contributed by atoms with Crippen LogP contribution in [-0.2, 0) is 6.54 Å². The SMILES string of the molecule is CCC1CCN(c2cc(CNC3CC3)ccn2)CC1. The smallest absolute Gasteiger partial charge is 0.128 e. The number of nitrogens with zero attached hydrogens (tertiary/aromatic N) is 2. The predicted molar refractivity (Wildman–Crippen MR) is 79.3 cm³/mol. The van der Waals surface area contributed by atoms with Gasteiger partial charge in [0.25, 0.3) is 0 Å². The zero-order chi connectivity index (χ0) is 13.1. The molecule has 3 rings (SSSR count). The molecule has 0 bridgehead atoms. The number of hydrogen-bond donors (Lipinski definition) is 1. The standard InChI is InChI=1S/C16H25N3/c1-2-13-6-9-19(10-7-13)16-11-14(5-8-17-16)12-18-15-3-4-15/h5,8,11,13,15,18H,2-4,6-7,9-10,12H2,1H3. The summed E-state index contributed by atoms with van der Waals surface area (Å²) < 4.78 is 0. The van der Waals surface area contributed by atoms with Crippen molar-refractivity contribution < 1.29 is 0 Å². The van der Waals surface area contributed by atoms with Crippen LogP contribution in [0.4, 0.5) is 5.82 Å². The molecule has 1 aliphatic heterocycles. The molecule has 1 N–H and O–H groups in total. The lowest BCUT2D eigenvalue weighted by Crippen LogP contribution is -2.34. The van der Waals surface area contributed by atoms with E-state index in [2.05, 4.69) is 34.3 Å². The predicted octanol–water partition coefficient (Wildman–Crippen LogP) is 2.96. The van der Waals surface area contributed by atoms with Gasteiger partial charge in [-0.15, -0.1) is 0 Å². The summed E-state index contributed by atoms with van der Waals surface area (Å²) in [5.74, 6) is 2.10. The fraction of sp³-hybridized carbons (Fsp3) is 0.688. The normalized spacial score (nSPS) is 20.8. The van der Waals surface area contributed by atoms with E-state index >= 15 is 0 Å². The van der Waals surface area contributed by atoms with Crippen molar-refractivity contribution in [2.75, 3.05) is 18.0 Å². The number of rotatable bonds is 5. The third-order valence-corrected chi connectivity index (χ3v) is 4.50. The molecule has 0 unspecified atom stereocenters. The van der Waals surface area contributed by atoms with Gasteiger partial charge in [-0.1, -0.05) is 13.3 Å². The Labute approximate surface area is 116 Å². The molecule has 19 heavy (non-hydrogen) atoms. The third-order valence-electron chi connectivity index (χ3n) is 4.50. The largest absolute Gasteiger partial charge is 0.357 e. The molecule has 0 amide bonds. The van der Waals surface area contributed by atoms with Gasteiger partial charge in [0, 0.05) is 31.9 Å². The zero-order valence-corrected chi connectivity index (χ0v) is 11.9. The summed E-state index contributed by atoms with van der Waals surface area (Å²) in [5, 5.41) is 3.57. The van der Waals surface area contributed by atoms with Crippen molar-refractivity contribution >= 4 is 5.82 Å². The van der Waals surface area contributed by atoms with Crippen molar-refractivity contribution in [2.24, 2.45) is 5.92 Å². The van der Waals surface area contributed by atoms with Crippen molar-refractivity contribution in [1.82, 2.24) is 10.3 Å². The lowest BCUT2D eigenvalue weighted by Gasteiger charge is -2.32. The summed E-state index contributed by atoms with van der Waals surface area (Å²) in [6, 6.07) is 5.18. The maximum atomic E-state index is 4.55. The Kier molecular flexibility index (Phi) is 4.02. The summed E-state index contributed by atoms with van der Waals surface area (Å²) in [6.45, 7) is 5.64. The molecule has 3 nitrogen and oxygen atoms in total. The highest BCUT2D eigenvalue weighted by Gasteiger charge is 2.21. The quantitative estimate of drug-likeness (QED) is 0.881. The second-order valence-electron chi connectivity index (χ2n) is 6.02. The van der Waals surface area contributed by atoms with E-state index in [4.69, 9.17) is 0 Å². The molecule has 0 radical (unpaired) electrons. The lowest BCUT2D eigenvalue weighted by molar-refractivity contribution is 0.393. The van der Waals surface area contributed by atoms with Crippen LogP contribution in [0.2, 0.25) is 0 Å². The minimum atomic E-state index is 0.775. The molecule has 1 saturated heterocycles. The van der Waals surface area contributed by atoms with Gasteiger partial charge in [0.1, 0.15) is 5.82 Å². The van der Waals surface area contributed by atoms with E-state index in [9.17, 15) is 0 Å². The summed E-state index contributed by atoms with van der Waals surface area (Å²) in [5.41, 5.74) is 1.37. The number of piperidine rings is 1. The first-order chi connectivity index (χ1) is 9.35. The molecule has 2 fully saturated rings. The van der Waals surface area contributed by atoms with Gasteiger partial charge in [-0.05, 0) is 49.3 Å². The first-order valence-electron chi connectivity index (χ1n) is 7.78. The average Bonchev–Trinajstić information content (AvgIpc) is 3.30. The van der Waals surface area contributed by atoms with Crippen LogP contribution in [0.1, 0.15) is 44.6 Å². The van der Waals surface area contributed by atoms with E-state index in [-0.39, 0.29) is 0 Å². The van der Waals surface area contributed by atoms with Crippen LogP contribution in [0.5, 0.6) is 0 Å². The number of nitrogens with one attached hydrogen (secondary N) is 1. The molecule has 0 atom stereocenters. The number of pyridine rings is 1. The van der Waals surface area contributed by atoms with E-state index in [1.54, 1.807) is 0 Å². The first-order valence-corrected chi connectivity index (χ1v) is 7.78. The molecule has 1 saturated carbocycles. The minimum absolute atomic E-state index is 0.775. The fourth-order valence-electron chi connectivity index (χ4n) is 2.86. The molecular weight excluding hydrogens is 234 g/mol. The minimum Gasteiger partial charge on any atom is -0.357 e. The Hall–Kier alpha value is -1.09. The van der Waals surface area contributed by atoms with Crippen molar-refractivity contribution in [1.29, 1.82) is 0 Å². The second kappa shape index (κ2) is 5.91. The highest BCUT2D eigenvalue weighted by molar-refractivity contribution is 5.41. The number of hydrogen-bond acceptors (Lipinski definition) is 3. The highest BCUT2D eigenvalue weighted by atomic mass is 15.2. The van der Waals surface area contributed by atoms with Crippen molar-refractivity contribution in [3.63, 3.8) is 0 Å². The van der Waals surface area contributed by atoms with E-state index in [1.807, 2.05) is 6.20 Å². The molecule has 1 aromatic rings. The molecule has 1 aliphatic carbocycles. The maximum Gasteiger partial charge on any atom is 0.128 e. The molecule has 104 valence electrons. The Morgan fingerprint density at radius 1 is 1.26 bits per heavy atom. The van der Waals surface area contributed by atoms with Crippen LogP contribution in [-0.4, -0.2) is 24.1 Å². The summed E-state index contributed by atoms with van der Waals surface area (Å²) in [4.78, 5) is 7.01. The summed E-state index contributed by atoms with van der Waals surface area (Å²) in [7, 11) is 0. The van der Waals surface area contributed by atoms with Crippen molar-refractivity contribution in [3.05, 3.63) is 23.9 Å². The van der Waals surface area contributed by atoms with E-state index in [0.29, 0.717) is 0 Å². The third kappa shape index (κ3) is 3.47. The molecule has 3 heteroatoms. The summed E-state index contributed by atoms with van der Waals surface area (Å²) in [6.07, 6.45) is 8.63. The lowest BCUT2D eigenvalue weighted by atomic mass is 9.94. The van der Waals surface area contributed by atoms with Gasteiger partial charge in [0.2, 0.25) is 0 Å². The molecule has 1 aromatic heterocycles. The molecular formula is C16H25N3. The van der Waals surface area contributed by atoms with Crippen molar-refractivity contribution in [3.8, 4) is 0 Å². The first kappa shape index (κ1) is 12.9. The molecule has 2 heterocycles. The topological polar surface area (TPSA) is 28.2 Å². The number of aromatic nitrogens is 1. The Bertz CT molecular complexity index is 406. The second-order valence-corrected chi connectivity index (χ2v) is 6.02. The van der Waals surface area contributed by atoms with E-state index in [1.165, 1.54) is 56.6 Å². The van der Waals surface area contributed by atoms with Gasteiger partial charge >= 0.3 is 0 Å². The molecule has 0 aromatic carbocycles. The summed E-state index contributed by atoms with van der Waals surface area (Å²) >= 11 is 0. The fourth-order valence-corrected chi connectivity index (χ4v) is 2.86. The number of anilines is 1. The van der Waals surface area contributed by atoms with Gasteiger partial charge in [-0.2, -0.15) is 0 Å². The van der Waals surface area contributed by atoms with Crippen LogP contribution >= 0.6 is 0 Å². The Balaban J connectivity index is 1.58. The van der Waals surface area contributed by atoms with Gasteiger partial charge in [0.15, 0.2) is 0 Å². The Morgan fingerprint density at radius 2 is 2.05 bits per heavy atom. The van der Waals surface area contributed by atoms with E-state index in [0.717, 1.165) is 18.5 Å². The highest BCUT2D eigenvalue weighted by Crippen LogP contribution is 2.24. The van der Waals surface area contributed by atoms with Gasteiger partial charge in [0.05, 0.1) is 0 Å².